The molecule has 1 aromatic carbocycles. The van der Waals surface area contributed by atoms with Crippen molar-refractivity contribution < 1.29 is 10.2 Å². The zero-order valence-electron chi connectivity index (χ0n) is 9.59. The van der Waals surface area contributed by atoms with Gasteiger partial charge < -0.3 is 15.2 Å². The van der Waals surface area contributed by atoms with E-state index in [1.807, 2.05) is 19.1 Å². The fraction of sp³-hybridized carbons (Fsp3) is 0.417. The zero-order valence-corrected chi connectivity index (χ0v) is 10.5. The second-order valence-corrected chi connectivity index (χ2v) is 4.57. The topological polar surface area (TPSA) is 69.1 Å². The number of aromatic nitrogens is 2. The van der Waals surface area contributed by atoms with E-state index in [4.69, 9.17) is 0 Å². The predicted molar refractivity (Wildman–Crippen MR) is 70.3 cm³/mol. The molecule has 5 heteroatoms. The average Bonchev–Trinajstić information content (AvgIpc) is 2.67. The Bertz CT molecular complexity index is 512. The molecule has 0 spiro atoms. The van der Waals surface area contributed by atoms with E-state index in [1.165, 1.54) is 0 Å². The van der Waals surface area contributed by atoms with Crippen molar-refractivity contribution in [2.75, 3.05) is 5.75 Å². The number of aliphatic hydroxyl groups is 2. The SMILES string of the molecule is Cc1nc2ccc(C(O)C(O)CCS)cc2[nH]1. The van der Waals surface area contributed by atoms with Crippen LogP contribution >= 0.6 is 12.6 Å². The van der Waals surface area contributed by atoms with Gasteiger partial charge in [0.05, 0.1) is 17.1 Å². The first kappa shape index (κ1) is 12.4. The summed E-state index contributed by atoms with van der Waals surface area (Å²) in [6.45, 7) is 1.88. The molecule has 0 radical (unpaired) electrons. The highest BCUT2D eigenvalue weighted by Crippen LogP contribution is 2.22. The van der Waals surface area contributed by atoms with Gasteiger partial charge in [0.2, 0.25) is 0 Å². The molecule has 2 atom stereocenters. The standard InChI is InChI=1S/C12H16N2O2S/c1-7-13-9-3-2-8(6-10(9)14-7)12(16)11(15)4-5-17/h2-3,6,11-12,15-17H,4-5H2,1H3,(H,13,14). The minimum Gasteiger partial charge on any atom is -0.390 e. The Morgan fingerprint density at radius 1 is 1.41 bits per heavy atom. The smallest absolute Gasteiger partial charge is 0.105 e. The molecule has 0 aliphatic carbocycles. The van der Waals surface area contributed by atoms with Crippen LogP contribution in [0, 0.1) is 6.92 Å². The largest absolute Gasteiger partial charge is 0.390 e. The summed E-state index contributed by atoms with van der Waals surface area (Å²) in [6, 6.07) is 5.45. The van der Waals surface area contributed by atoms with Gasteiger partial charge in [-0.25, -0.2) is 4.98 Å². The summed E-state index contributed by atoms with van der Waals surface area (Å²) >= 11 is 4.04. The quantitative estimate of drug-likeness (QED) is 0.625. The molecule has 0 saturated carbocycles. The minimum atomic E-state index is -0.879. The van der Waals surface area contributed by atoms with Crippen LogP contribution in [0.15, 0.2) is 18.2 Å². The molecule has 0 aliphatic rings. The first-order valence-electron chi connectivity index (χ1n) is 5.55. The molecule has 17 heavy (non-hydrogen) atoms. The van der Waals surface area contributed by atoms with Gasteiger partial charge in [0.25, 0.3) is 0 Å². The predicted octanol–water partition coefficient (Wildman–Crippen LogP) is 1.59. The van der Waals surface area contributed by atoms with Gasteiger partial charge >= 0.3 is 0 Å². The Morgan fingerprint density at radius 2 is 2.18 bits per heavy atom. The first-order valence-corrected chi connectivity index (χ1v) is 6.18. The molecule has 2 unspecified atom stereocenters. The Balaban J connectivity index is 2.28. The third-order valence-corrected chi connectivity index (χ3v) is 3.01. The third-order valence-electron chi connectivity index (χ3n) is 2.76. The normalized spacial score (nSPS) is 15.1. The van der Waals surface area contributed by atoms with E-state index in [1.54, 1.807) is 6.07 Å². The average molecular weight is 252 g/mol. The number of rotatable bonds is 4. The molecule has 0 aliphatic heterocycles. The molecule has 3 N–H and O–H groups in total. The molecule has 0 fully saturated rings. The zero-order chi connectivity index (χ0) is 12.4. The van der Waals surface area contributed by atoms with Crippen LogP contribution in [-0.4, -0.2) is 32.0 Å². The van der Waals surface area contributed by atoms with Crippen molar-refractivity contribution in [3.8, 4) is 0 Å². The van der Waals surface area contributed by atoms with Crippen LogP contribution in [0.2, 0.25) is 0 Å². The van der Waals surface area contributed by atoms with Crippen molar-refractivity contribution in [3.05, 3.63) is 29.6 Å². The molecule has 1 heterocycles. The number of hydrogen-bond donors (Lipinski definition) is 4. The molecule has 1 aromatic heterocycles. The Kier molecular flexibility index (Phi) is 3.71. The van der Waals surface area contributed by atoms with Crippen molar-refractivity contribution in [2.45, 2.75) is 25.6 Å². The van der Waals surface area contributed by atoms with Gasteiger partial charge in [-0.05, 0) is 36.8 Å². The van der Waals surface area contributed by atoms with Crippen LogP contribution in [0.1, 0.15) is 23.9 Å². The van der Waals surface area contributed by atoms with Gasteiger partial charge in [-0.3, -0.25) is 0 Å². The maximum Gasteiger partial charge on any atom is 0.105 e. The van der Waals surface area contributed by atoms with Gasteiger partial charge in [-0.15, -0.1) is 0 Å². The summed E-state index contributed by atoms with van der Waals surface area (Å²) in [7, 11) is 0. The fourth-order valence-corrected chi connectivity index (χ4v) is 2.12. The summed E-state index contributed by atoms with van der Waals surface area (Å²) in [5.74, 6) is 1.38. The van der Waals surface area contributed by atoms with Gasteiger partial charge in [0.15, 0.2) is 0 Å². The first-order chi connectivity index (χ1) is 8.11. The Hall–Kier alpha value is -1.04. The molecular formula is C12H16N2O2S. The molecule has 4 nitrogen and oxygen atoms in total. The summed E-state index contributed by atoms with van der Waals surface area (Å²) in [4.78, 5) is 7.39. The Labute approximate surface area is 105 Å². The van der Waals surface area contributed by atoms with Gasteiger partial charge in [0, 0.05) is 0 Å². The van der Waals surface area contributed by atoms with Crippen molar-refractivity contribution in [2.24, 2.45) is 0 Å². The molecule has 92 valence electrons. The number of aromatic amines is 1. The third kappa shape index (κ3) is 2.62. The number of H-pyrrole nitrogens is 1. The van der Waals surface area contributed by atoms with Crippen LogP contribution < -0.4 is 0 Å². The van der Waals surface area contributed by atoms with Crippen molar-refractivity contribution >= 4 is 23.7 Å². The van der Waals surface area contributed by atoms with E-state index < -0.39 is 12.2 Å². The summed E-state index contributed by atoms with van der Waals surface area (Å²) in [5.41, 5.74) is 2.43. The van der Waals surface area contributed by atoms with E-state index >= 15 is 0 Å². The van der Waals surface area contributed by atoms with Gasteiger partial charge in [0.1, 0.15) is 11.9 Å². The number of benzene rings is 1. The molecule has 0 saturated heterocycles. The van der Waals surface area contributed by atoms with E-state index in [-0.39, 0.29) is 0 Å². The van der Waals surface area contributed by atoms with E-state index in [0.717, 1.165) is 16.9 Å². The lowest BCUT2D eigenvalue weighted by Crippen LogP contribution is -2.18. The maximum atomic E-state index is 9.97. The lowest BCUT2D eigenvalue weighted by atomic mass is 10.0. The highest BCUT2D eigenvalue weighted by Gasteiger charge is 2.18. The number of aryl methyl sites for hydroxylation is 1. The highest BCUT2D eigenvalue weighted by atomic mass is 32.1. The number of fused-ring (bicyclic) bond motifs is 1. The second-order valence-electron chi connectivity index (χ2n) is 4.12. The van der Waals surface area contributed by atoms with Gasteiger partial charge in [-0.1, -0.05) is 6.07 Å². The minimum absolute atomic E-state index is 0.463. The summed E-state index contributed by atoms with van der Waals surface area (Å²) in [5, 5.41) is 19.7. The lowest BCUT2D eigenvalue weighted by Gasteiger charge is -2.17. The van der Waals surface area contributed by atoms with Crippen molar-refractivity contribution in [1.29, 1.82) is 0 Å². The van der Waals surface area contributed by atoms with E-state index in [9.17, 15) is 10.2 Å². The van der Waals surface area contributed by atoms with E-state index in [0.29, 0.717) is 17.7 Å². The van der Waals surface area contributed by atoms with Crippen LogP contribution in [-0.2, 0) is 0 Å². The number of nitrogens with one attached hydrogen (secondary N) is 1. The van der Waals surface area contributed by atoms with Crippen LogP contribution in [0.5, 0.6) is 0 Å². The summed E-state index contributed by atoms with van der Waals surface area (Å²) < 4.78 is 0. The van der Waals surface area contributed by atoms with Crippen LogP contribution in [0.25, 0.3) is 11.0 Å². The van der Waals surface area contributed by atoms with Crippen molar-refractivity contribution in [3.63, 3.8) is 0 Å². The number of nitrogens with zero attached hydrogens (tertiary/aromatic N) is 1. The molecule has 2 aromatic rings. The van der Waals surface area contributed by atoms with Gasteiger partial charge in [-0.2, -0.15) is 12.6 Å². The molecule has 0 amide bonds. The number of imidazole rings is 1. The van der Waals surface area contributed by atoms with Crippen LogP contribution in [0.3, 0.4) is 0 Å². The highest BCUT2D eigenvalue weighted by molar-refractivity contribution is 7.80. The second kappa shape index (κ2) is 5.08. The van der Waals surface area contributed by atoms with Crippen LogP contribution in [0.4, 0.5) is 0 Å². The Morgan fingerprint density at radius 3 is 2.88 bits per heavy atom. The summed E-state index contributed by atoms with van der Waals surface area (Å²) in [6.07, 6.45) is -1.20. The fourth-order valence-electron chi connectivity index (χ4n) is 1.85. The monoisotopic (exact) mass is 252 g/mol. The number of thiol groups is 1. The van der Waals surface area contributed by atoms with E-state index in [2.05, 4.69) is 22.6 Å². The molecular weight excluding hydrogens is 236 g/mol. The number of aliphatic hydroxyl groups excluding tert-OH is 2. The molecule has 2 rings (SSSR count). The lowest BCUT2D eigenvalue weighted by molar-refractivity contribution is 0.0173. The maximum absolute atomic E-state index is 9.97. The van der Waals surface area contributed by atoms with Crippen molar-refractivity contribution in [1.82, 2.24) is 9.97 Å². The molecule has 0 bridgehead atoms. The number of hydrogen-bond acceptors (Lipinski definition) is 4.